The number of aliphatic hydroxyl groups is 1. The molecule has 0 aromatic rings. The summed E-state index contributed by atoms with van der Waals surface area (Å²) >= 11 is 0. The highest BCUT2D eigenvalue weighted by Gasteiger charge is 2.50. The summed E-state index contributed by atoms with van der Waals surface area (Å²) in [5, 5.41) is 10.5. The van der Waals surface area contributed by atoms with Gasteiger partial charge in [-0.15, -0.1) is 12.4 Å². The Morgan fingerprint density at radius 1 is 1.47 bits per heavy atom. The Hall–Kier alpha value is -0.360. The fraction of sp³-hybridized carbons (Fsp3) is 0.923. The minimum Gasteiger partial charge on any atom is -0.389 e. The monoisotopic (exact) mass is 292 g/mol. The van der Waals surface area contributed by atoms with Crippen molar-refractivity contribution in [2.24, 2.45) is 11.7 Å². The maximum Gasteiger partial charge on any atom is 0.242 e. The van der Waals surface area contributed by atoms with Crippen LogP contribution < -0.4 is 5.73 Å². The molecule has 2 fully saturated rings. The highest BCUT2D eigenvalue weighted by atomic mass is 35.5. The van der Waals surface area contributed by atoms with Gasteiger partial charge < -0.3 is 20.5 Å². The average Bonchev–Trinajstić information content (AvgIpc) is 3.09. The molecule has 1 saturated heterocycles. The number of amides is 1. The van der Waals surface area contributed by atoms with Gasteiger partial charge in [0.15, 0.2) is 0 Å². The van der Waals surface area contributed by atoms with E-state index in [2.05, 4.69) is 0 Å². The van der Waals surface area contributed by atoms with Gasteiger partial charge in [0.05, 0.1) is 11.1 Å². The molecule has 5 nitrogen and oxygen atoms in total. The second-order valence-electron chi connectivity index (χ2n) is 5.90. The zero-order chi connectivity index (χ0) is 13.4. The third-order valence-electron chi connectivity index (χ3n) is 4.47. The zero-order valence-electron chi connectivity index (χ0n) is 11.7. The minimum atomic E-state index is -0.710. The lowest BCUT2D eigenvalue weighted by molar-refractivity contribution is -0.142. The van der Waals surface area contributed by atoms with Gasteiger partial charge in [-0.1, -0.05) is 6.92 Å². The SMILES string of the molecule is COCC[C@]1(O)CCN(C(=O)C2(N)CC2)C[C@H]1C.Cl. The molecule has 19 heavy (non-hydrogen) atoms. The van der Waals surface area contributed by atoms with Crippen LogP contribution in [0.5, 0.6) is 0 Å². The average molecular weight is 293 g/mol. The van der Waals surface area contributed by atoms with Gasteiger partial charge in [-0.05, 0) is 25.7 Å². The van der Waals surface area contributed by atoms with Gasteiger partial charge in [-0.3, -0.25) is 4.79 Å². The standard InChI is InChI=1S/C13H24N2O3.ClH/c1-10-9-15(11(16)12(14)3-4-12)7-5-13(10,17)6-8-18-2;/h10,17H,3-9,14H2,1-2H3;1H/t10-,13-;/m1./s1. The molecule has 0 unspecified atom stereocenters. The van der Waals surface area contributed by atoms with E-state index in [0.717, 1.165) is 12.8 Å². The molecule has 0 spiro atoms. The molecule has 2 rings (SSSR count). The van der Waals surface area contributed by atoms with E-state index in [4.69, 9.17) is 10.5 Å². The van der Waals surface area contributed by atoms with Crippen LogP contribution in [0.4, 0.5) is 0 Å². The molecule has 1 aliphatic heterocycles. The van der Waals surface area contributed by atoms with Crippen LogP contribution in [0.3, 0.4) is 0 Å². The summed E-state index contributed by atoms with van der Waals surface area (Å²) in [6, 6.07) is 0. The van der Waals surface area contributed by atoms with Crippen molar-refractivity contribution >= 4 is 18.3 Å². The molecular formula is C13H25ClN2O3. The summed E-state index contributed by atoms with van der Waals surface area (Å²) in [6.07, 6.45) is 2.83. The molecule has 0 aromatic carbocycles. The normalized spacial score (nSPS) is 32.6. The van der Waals surface area contributed by atoms with E-state index < -0.39 is 11.1 Å². The quantitative estimate of drug-likeness (QED) is 0.793. The third-order valence-corrected chi connectivity index (χ3v) is 4.47. The largest absolute Gasteiger partial charge is 0.389 e. The highest BCUT2D eigenvalue weighted by molar-refractivity contribution is 5.89. The van der Waals surface area contributed by atoms with Gasteiger partial charge in [-0.2, -0.15) is 0 Å². The smallest absolute Gasteiger partial charge is 0.242 e. The summed E-state index contributed by atoms with van der Waals surface area (Å²) in [4.78, 5) is 14.0. The third kappa shape index (κ3) is 3.40. The van der Waals surface area contributed by atoms with Gasteiger partial charge in [0.2, 0.25) is 5.91 Å². The molecule has 0 aromatic heterocycles. The Labute approximate surface area is 120 Å². The first-order valence-corrected chi connectivity index (χ1v) is 6.71. The van der Waals surface area contributed by atoms with Crippen LogP contribution in [0.2, 0.25) is 0 Å². The van der Waals surface area contributed by atoms with E-state index in [1.54, 1.807) is 7.11 Å². The van der Waals surface area contributed by atoms with Crippen molar-refractivity contribution in [1.82, 2.24) is 4.90 Å². The van der Waals surface area contributed by atoms with Crippen molar-refractivity contribution in [3.05, 3.63) is 0 Å². The Kier molecular flexibility index (Phi) is 5.23. The van der Waals surface area contributed by atoms with Crippen molar-refractivity contribution in [2.75, 3.05) is 26.8 Å². The van der Waals surface area contributed by atoms with Crippen LogP contribution in [0.15, 0.2) is 0 Å². The van der Waals surface area contributed by atoms with Crippen molar-refractivity contribution in [3.8, 4) is 0 Å². The Balaban J connectivity index is 0.00000180. The maximum absolute atomic E-state index is 12.1. The first-order chi connectivity index (χ1) is 8.41. The lowest BCUT2D eigenvalue weighted by Gasteiger charge is -2.44. The van der Waals surface area contributed by atoms with Gasteiger partial charge in [-0.25, -0.2) is 0 Å². The maximum atomic E-state index is 12.1. The molecule has 2 atom stereocenters. The molecule has 1 heterocycles. The Bertz CT molecular complexity index is 336. The number of ether oxygens (including phenoxy) is 1. The zero-order valence-corrected chi connectivity index (χ0v) is 12.5. The van der Waals surface area contributed by atoms with E-state index in [0.29, 0.717) is 32.5 Å². The number of carbonyl (C=O) groups is 1. The molecule has 0 bridgehead atoms. The van der Waals surface area contributed by atoms with Crippen LogP contribution in [-0.4, -0.2) is 53.9 Å². The number of nitrogens with two attached hydrogens (primary N) is 1. The molecule has 112 valence electrons. The predicted molar refractivity (Wildman–Crippen MR) is 75.2 cm³/mol. The second kappa shape index (κ2) is 5.95. The van der Waals surface area contributed by atoms with Crippen molar-refractivity contribution in [1.29, 1.82) is 0 Å². The number of nitrogens with zero attached hydrogens (tertiary/aromatic N) is 1. The van der Waals surface area contributed by atoms with Crippen LogP contribution in [-0.2, 0) is 9.53 Å². The Morgan fingerprint density at radius 3 is 2.58 bits per heavy atom. The molecule has 0 radical (unpaired) electrons. The lowest BCUT2D eigenvalue weighted by atomic mass is 9.79. The predicted octanol–water partition coefficient (Wildman–Crippen LogP) is 0.535. The van der Waals surface area contributed by atoms with E-state index >= 15 is 0 Å². The number of piperidine rings is 1. The first-order valence-electron chi connectivity index (χ1n) is 6.71. The second-order valence-corrected chi connectivity index (χ2v) is 5.90. The van der Waals surface area contributed by atoms with Crippen molar-refractivity contribution in [2.45, 2.75) is 43.7 Å². The summed E-state index contributed by atoms with van der Waals surface area (Å²) in [5.74, 6) is 0.121. The number of likely N-dealkylation sites (tertiary alicyclic amines) is 1. The molecule has 2 aliphatic rings. The summed E-state index contributed by atoms with van der Waals surface area (Å²) < 4.78 is 5.04. The number of carbonyl (C=O) groups excluding carboxylic acids is 1. The van der Waals surface area contributed by atoms with Crippen LogP contribution in [0.1, 0.15) is 32.6 Å². The molecule has 3 N–H and O–H groups in total. The Morgan fingerprint density at radius 2 is 2.11 bits per heavy atom. The molecule has 1 amide bonds. The van der Waals surface area contributed by atoms with E-state index in [1.165, 1.54) is 0 Å². The summed E-state index contributed by atoms with van der Waals surface area (Å²) in [6.45, 7) is 3.74. The summed E-state index contributed by atoms with van der Waals surface area (Å²) in [5.41, 5.74) is 4.63. The first kappa shape index (κ1) is 16.7. The lowest BCUT2D eigenvalue weighted by Crippen LogP contribution is -2.56. The van der Waals surface area contributed by atoms with Gasteiger partial charge in [0.1, 0.15) is 0 Å². The number of hydrogen-bond acceptors (Lipinski definition) is 4. The fourth-order valence-electron chi connectivity index (χ4n) is 2.66. The highest BCUT2D eigenvalue weighted by Crippen LogP contribution is 2.37. The minimum absolute atomic E-state index is 0. The van der Waals surface area contributed by atoms with E-state index in [-0.39, 0.29) is 24.2 Å². The van der Waals surface area contributed by atoms with Gasteiger partial charge >= 0.3 is 0 Å². The van der Waals surface area contributed by atoms with Gasteiger partial charge in [0.25, 0.3) is 0 Å². The molecular weight excluding hydrogens is 268 g/mol. The number of halogens is 1. The topological polar surface area (TPSA) is 75.8 Å². The van der Waals surface area contributed by atoms with E-state index in [1.807, 2.05) is 11.8 Å². The van der Waals surface area contributed by atoms with Crippen LogP contribution >= 0.6 is 12.4 Å². The van der Waals surface area contributed by atoms with Crippen LogP contribution in [0.25, 0.3) is 0 Å². The van der Waals surface area contributed by atoms with Crippen molar-refractivity contribution in [3.63, 3.8) is 0 Å². The molecule has 1 aliphatic carbocycles. The molecule has 6 heteroatoms. The van der Waals surface area contributed by atoms with E-state index in [9.17, 15) is 9.90 Å². The van der Waals surface area contributed by atoms with Crippen molar-refractivity contribution < 1.29 is 14.6 Å². The van der Waals surface area contributed by atoms with Gasteiger partial charge in [0, 0.05) is 32.7 Å². The summed E-state index contributed by atoms with van der Waals surface area (Å²) in [7, 11) is 1.64. The number of hydrogen-bond donors (Lipinski definition) is 2. The fourth-order valence-corrected chi connectivity index (χ4v) is 2.66. The molecule has 1 saturated carbocycles. The number of methoxy groups -OCH3 is 1. The number of rotatable bonds is 4. The van der Waals surface area contributed by atoms with Crippen LogP contribution in [0, 0.1) is 5.92 Å².